The van der Waals surface area contributed by atoms with Crippen LogP contribution in [0.15, 0.2) is 22.7 Å². The molecule has 1 fully saturated rings. The van der Waals surface area contributed by atoms with Crippen molar-refractivity contribution in [3.8, 4) is 0 Å². The summed E-state index contributed by atoms with van der Waals surface area (Å²) in [5.74, 6) is 0. The quantitative estimate of drug-likeness (QED) is 0.636. The SMILES string of the molecule is O=[N+]([O-])c1cc(Br)cc(CNCC2(O)CCCCC2)c1. The molecule has 1 aromatic rings. The number of benzene rings is 1. The van der Waals surface area contributed by atoms with Crippen LogP contribution in [0.3, 0.4) is 0 Å². The van der Waals surface area contributed by atoms with Crippen LogP contribution in [0.1, 0.15) is 37.7 Å². The van der Waals surface area contributed by atoms with E-state index >= 15 is 0 Å². The van der Waals surface area contributed by atoms with Gasteiger partial charge in [0.15, 0.2) is 0 Å². The Bertz CT molecular complexity index is 487. The topological polar surface area (TPSA) is 75.4 Å². The van der Waals surface area contributed by atoms with Crippen molar-refractivity contribution >= 4 is 21.6 Å². The third-order valence-corrected chi connectivity index (χ3v) is 4.18. The van der Waals surface area contributed by atoms with Gasteiger partial charge in [0.2, 0.25) is 0 Å². The molecule has 0 unspecified atom stereocenters. The molecule has 2 rings (SSSR count). The molecule has 0 saturated heterocycles. The highest BCUT2D eigenvalue weighted by Crippen LogP contribution is 2.27. The zero-order chi connectivity index (χ0) is 14.6. The predicted octanol–water partition coefficient (Wildman–Crippen LogP) is 3.14. The van der Waals surface area contributed by atoms with Crippen LogP contribution in [-0.4, -0.2) is 22.2 Å². The first-order valence-electron chi connectivity index (χ1n) is 6.85. The first kappa shape index (κ1) is 15.4. The minimum Gasteiger partial charge on any atom is -0.389 e. The summed E-state index contributed by atoms with van der Waals surface area (Å²) in [5, 5.41) is 24.4. The minimum absolute atomic E-state index is 0.0764. The van der Waals surface area contributed by atoms with E-state index in [1.165, 1.54) is 12.5 Å². The van der Waals surface area contributed by atoms with Gasteiger partial charge in [-0.3, -0.25) is 10.1 Å². The number of aliphatic hydroxyl groups is 1. The Balaban J connectivity index is 1.92. The monoisotopic (exact) mass is 342 g/mol. The largest absolute Gasteiger partial charge is 0.389 e. The van der Waals surface area contributed by atoms with Crippen molar-refractivity contribution in [3.05, 3.63) is 38.3 Å². The number of hydrogen-bond acceptors (Lipinski definition) is 4. The van der Waals surface area contributed by atoms with Gasteiger partial charge in [0.05, 0.1) is 10.5 Å². The fraction of sp³-hybridized carbons (Fsp3) is 0.571. The van der Waals surface area contributed by atoms with E-state index in [9.17, 15) is 15.2 Å². The molecule has 20 heavy (non-hydrogen) atoms. The van der Waals surface area contributed by atoms with Gasteiger partial charge in [0.1, 0.15) is 0 Å². The van der Waals surface area contributed by atoms with Gasteiger partial charge in [-0.25, -0.2) is 0 Å². The van der Waals surface area contributed by atoms with E-state index in [0.717, 1.165) is 31.2 Å². The van der Waals surface area contributed by atoms with E-state index in [0.29, 0.717) is 17.6 Å². The van der Waals surface area contributed by atoms with Crippen molar-refractivity contribution in [2.45, 2.75) is 44.2 Å². The summed E-state index contributed by atoms with van der Waals surface area (Å²) >= 11 is 3.28. The third-order valence-electron chi connectivity index (χ3n) is 3.72. The molecule has 110 valence electrons. The van der Waals surface area contributed by atoms with Crippen LogP contribution in [0, 0.1) is 10.1 Å². The Labute approximate surface area is 126 Å². The average molecular weight is 343 g/mol. The van der Waals surface area contributed by atoms with Crippen molar-refractivity contribution in [1.82, 2.24) is 5.32 Å². The number of hydrogen-bond donors (Lipinski definition) is 2. The molecule has 0 amide bonds. The van der Waals surface area contributed by atoms with E-state index in [-0.39, 0.29) is 5.69 Å². The summed E-state index contributed by atoms with van der Waals surface area (Å²) in [7, 11) is 0. The van der Waals surface area contributed by atoms with Gasteiger partial charge in [0, 0.05) is 29.7 Å². The van der Waals surface area contributed by atoms with Crippen LogP contribution < -0.4 is 5.32 Å². The van der Waals surface area contributed by atoms with E-state index in [2.05, 4.69) is 21.2 Å². The van der Waals surface area contributed by atoms with Crippen molar-refractivity contribution in [3.63, 3.8) is 0 Å². The van der Waals surface area contributed by atoms with Crippen molar-refractivity contribution in [2.75, 3.05) is 6.54 Å². The zero-order valence-electron chi connectivity index (χ0n) is 11.3. The highest BCUT2D eigenvalue weighted by Gasteiger charge is 2.28. The lowest BCUT2D eigenvalue weighted by molar-refractivity contribution is -0.385. The van der Waals surface area contributed by atoms with Crippen LogP contribution in [0.25, 0.3) is 0 Å². The maximum Gasteiger partial charge on any atom is 0.270 e. The smallest absolute Gasteiger partial charge is 0.270 e. The average Bonchev–Trinajstić information content (AvgIpc) is 2.38. The maximum absolute atomic E-state index is 10.8. The Kier molecular flexibility index (Phi) is 5.12. The van der Waals surface area contributed by atoms with E-state index in [1.54, 1.807) is 6.07 Å². The van der Waals surface area contributed by atoms with Gasteiger partial charge >= 0.3 is 0 Å². The first-order chi connectivity index (χ1) is 9.48. The third kappa shape index (κ3) is 4.26. The molecule has 1 saturated carbocycles. The summed E-state index contributed by atoms with van der Waals surface area (Å²) in [5.41, 5.74) is 0.300. The molecule has 0 radical (unpaired) electrons. The van der Waals surface area contributed by atoms with Crippen molar-refractivity contribution in [2.24, 2.45) is 0 Å². The molecule has 0 bridgehead atoms. The second kappa shape index (κ2) is 6.65. The molecule has 0 spiro atoms. The van der Waals surface area contributed by atoms with Gasteiger partial charge in [-0.1, -0.05) is 35.2 Å². The van der Waals surface area contributed by atoms with Gasteiger partial charge in [-0.05, 0) is 24.5 Å². The van der Waals surface area contributed by atoms with E-state index < -0.39 is 10.5 Å². The fourth-order valence-corrected chi connectivity index (χ4v) is 3.20. The predicted molar refractivity (Wildman–Crippen MR) is 80.5 cm³/mol. The standard InChI is InChI=1S/C14H19BrN2O3/c15-12-6-11(7-13(8-12)17(19)20)9-16-10-14(18)4-2-1-3-5-14/h6-8,16,18H,1-5,9-10H2. The lowest BCUT2D eigenvalue weighted by Crippen LogP contribution is -2.41. The highest BCUT2D eigenvalue weighted by atomic mass is 79.9. The molecule has 0 atom stereocenters. The number of nitrogens with zero attached hydrogens (tertiary/aromatic N) is 1. The van der Waals surface area contributed by atoms with Crippen LogP contribution in [0.2, 0.25) is 0 Å². The Hall–Kier alpha value is -0.980. The number of rotatable bonds is 5. The summed E-state index contributed by atoms with van der Waals surface area (Å²) in [6.45, 7) is 1.05. The first-order valence-corrected chi connectivity index (χ1v) is 7.65. The lowest BCUT2D eigenvalue weighted by Gasteiger charge is -2.32. The Morgan fingerprint density at radius 3 is 2.65 bits per heavy atom. The normalized spacial score (nSPS) is 17.9. The van der Waals surface area contributed by atoms with Crippen LogP contribution in [0.5, 0.6) is 0 Å². The number of nitro groups is 1. The molecule has 1 aliphatic rings. The van der Waals surface area contributed by atoms with Crippen LogP contribution in [-0.2, 0) is 6.54 Å². The number of non-ortho nitro benzene ring substituents is 1. The van der Waals surface area contributed by atoms with Crippen LogP contribution in [0.4, 0.5) is 5.69 Å². The number of halogens is 1. The summed E-state index contributed by atoms with van der Waals surface area (Å²) in [4.78, 5) is 10.4. The molecular weight excluding hydrogens is 324 g/mol. The molecule has 2 N–H and O–H groups in total. The summed E-state index contributed by atoms with van der Waals surface area (Å²) < 4.78 is 0.694. The molecule has 1 aliphatic carbocycles. The molecule has 0 aliphatic heterocycles. The summed E-state index contributed by atoms with van der Waals surface area (Å²) in [6, 6.07) is 4.89. The van der Waals surface area contributed by atoms with Gasteiger partial charge in [-0.2, -0.15) is 0 Å². The molecule has 0 aromatic heterocycles. The van der Waals surface area contributed by atoms with Crippen LogP contribution >= 0.6 is 15.9 Å². The fourth-order valence-electron chi connectivity index (χ4n) is 2.67. The lowest BCUT2D eigenvalue weighted by atomic mass is 9.85. The molecule has 6 heteroatoms. The number of nitrogens with one attached hydrogen (secondary N) is 1. The Morgan fingerprint density at radius 1 is 1.30 bits per heavy atom. The summed E-state index contributed by atoms with van der Waals surface area (Å²) in [6.07, 6.45) is 5.00. The molecule has 5 nitrogen and oxygen atoms in total. The molecule has 0 heterocycles. The van der Waals surface area contributed by atoms with E-state index in [1.807, 2.05) is 6.07 Å². The second-order valence-electron chi connectivity index (χ2n) is 5.46. The number of nitro benzene ring substituents is 1. The van der Waals surface area contributed by atoms with Crippen molar-refractivity contribution < 1.29 is 10.0 Å². The molecular formula is C14H19BrN2O3. The van der Waals surface area contributed by atoms with Gasteiger partial charge in [0.25, 0.3) is 5.69 Å². The van der Waals surface area contributed by atoms with E-state index in [4.69, 9.17) is 0 Å². The maximum atomic E-state index is 10.8. The second-order valence-corrected chi connectivity index (χ2v) is 6.38. The highest BCUT2D eigenvalue weighted by molar-refractivity contribution is 9.10. The van der Waals surface area contributed by atoms with Gasteiger partial charge in [-0.15, -0.1) is 0 Å². The minimum atomic E-state index is -0.615. The van der Waals surface area contributed by atoms with Crippen molar-refractivity contribution in [1.29, 1.82) is 0 Å². The Morgan fingerprint density at radius 2 is 2.00 bits per heavy atom. The zero-order valence-corrected chi connectivity index (χ0v) is 12.9. The molecule has 1 aromatic carbocycles. The van der Waals surface area contributed by atoms with Gasteiger partial charge < -0.3 is 10.4 Å².